The Morgan fingerprint density at radius 3 is 2.82 bits per heavy atom. The number of hydrogen-bond donors (Lipinski definition) is 1. The Balaban J connectivity index is 1.90. The van der Waals surface area contributed by atoms with Gasteiger partial charge in [-0.1, -0.05) is 0 Å². The molecule has 0 bridgehead atoms. The Bertz CT molecular complexity index is 472. The van der Waals surface area contributed by atoms with Gasteiger partial charge in [-0.2, -0.15) is 5.10 Å². The van der Waals surface area contributed by atoms with Gasteiger partial charge in [0.15, 0.2) is 0 Å². The fourth-order valence-corrected chi connectivity index (χ4v) is 1.72. The summed E-state index contributed by atoms with van der Waals surface area (Å²) in [6, 6.07) is 6.26. The van der Waals surface area contributed by atoms with Crippen LogP contribution in [0.1, 0.15) is 37.1 Å². The largest absolute Gasteiger partial charge is 0.465 e. The molecule has 0 radical (unpaired) electrons. The molecule has 92 valence electrons. The van der Waals surface area contributed by atoms with Crippen molar-refractivity contribution in [1.82, 2.24) is 15.1 Å². The van der Waals surface area contributed by atoms with Crippen LogP contribution in [-0.2, 0) is 13.1 Å². The molecular formula is C13H19N3O. The lowest BCUT2D eigenvalue weighted by Crippen LogP contribution is -2.18. The van der Waals surface area contributed by atoms with E-state index in [-0.39, 0.29) is 6.04 Å². The first kappa shape index (κ1) is 11.9. The molecule has 17 heavy (non-hydrogen) atoms. The Hall–Kier alpha value is -1.55. The van der Waals surface area contributed by atoms with E-state index in [9.17, 15) is 0 Å². The smallest absolute Gasteiger partial charge is 0.117 e. The lowest BCUT2D eigenvalue weighted by Gasteiger charge is -2.09. The van der Waals surface area contributed by atoms with Crippen molar-refractivity contribution in [2.75, 3.05) is 0 Å². The third kappa shape index (κ3) is 2.97. The number of rotatable bonds is 5. The molecule has 0 fully saturated rings. The normalized spacial score (nSPS) is 12.9. The van der Waals surface area contributed by atoms with Crippen LogP contribution < -0.4 is 5.32 Å². The highest BCUT2D eigenvalue weighted by molar-refractivity contribution is 5.07. The SMILES string of the molecule is CCn1ccc(C(C)NCc2ccc(C)o2)n1. The van der Waals surface area contributed by atoms with Crippen molar-refractivity contribution in [3.8, 4) is 0 Å². The van der Waals surface area contributed by atoms with Crippen molar-refractivity contribution in [2.24, 2.45) is 0 Å². The van der Waals surface area contributed by atoms with E-state index >= 15 is 0 Å². The summed E-state index contributed by atoms with van der Waals surface area (Å²) in [6.45, 7) is 7.78. The molecule has 0 saturated heterocycles. The summed E-state index contributed by atoms with van der Waals surface area (Å²) in [6.07, 6.45) is 2.00. The second-order valence-electron chi connectivity index (χ2n) is 4.21. The molecule has 2 aromatic heterocycles. The lowest BCUT2D eigenvalue weighted by atomic mass is 10.2. The zero-order valence-corrected chi connectivity index (χ0v) is 10.6. The van der Waals surface area contributed by atoms with Crippen LogP contribution in [0.4, 0.5) is 0 Å². The minimum atomic E-state index is 0.230. The van der Waals surface area contributed by atoms with Gasteiger partial charge in [0.05, 0.1) is 12.2 Å². The van der Waals surface area contributed by atoms with Crippen LogP contribution in [0.15, 0.2) is 28.8 Å². The number of furan rings is 1. The van der Waals surface area contributed by atoms with E-state index in [0.717, 1.165) is 30.3 Å². The molecule has 4 nitrogen and oxygen atoms in total. The van der Waals surface area contributed by atoms with E-state index in [1.807, 2.05) is 29.9 Å². The van der Waals surface area contributed by atoms with Gasteiger partial charge in [-0.05, 0) is 39.0 Å². The number of aromatic nitrogens is 2. The average Bonchev–Trinajstić information content (AvgIpc) is 2.94. The highest BCUT2D eigenvalue weighted by atomic mass is 16.3. The summed E-state index contributed by atoms with van der Waals surface area (Å²) in [5, 5.41) is 7.87. The van der Waals surface area contributed by atoms with Gasteiger partial charge in [-0.25, -0.2) is 0 Å². The summed E-state index contributed by atoms with van der Waals surface area (Å²) in [7, 11) is 0. The van der Waals surface area contributed by atoms with E-state index in [0.29, 0.717) is 0 Å². The maximum atomic E-state index is 5.51. The molecule has 0 amide bonds. The summed E-state index contributed by atoms with van der Waals surface area (Å²) >= 11 is 0. The zero-order valence-electron chi connectivity index (χ0n) is 10.6. The maximum absolute atomic E-state index is 5.51. The molecule has 2 aromatic rings. The molecule has 0 aliphatic heterocycles. The van der Waals surface area contributed by atoms with Crippen LogP contribution in [0.5, 0.6) is 0 Å². The minimum Gasteiger partial charge on any atom is -0.465 e. The molecule has 1 N–H and O–H groups in total. The van der Waals surface area contributed by atoms with Gasteiger partial charge in [0.25, 0.3) is 0 Å². The van der Waals surface area contributed by atoms with Gasteiger partial charge in [-0.15, -0.1) is 0 Å². The summed E-state index contributed by atoms with van der Waals surface area (Å²) in [5.74, 6) is 1.91. The summed E-state index contributed by atoms with van der Waals surface area (Å²) in [5.41, 5.74) is 1.06. The first-order valence-electron chi connectivity index (χ1n) is 6.01. The molecule has 0 aliphatic rings. The molecule has 2 heterocycles. The van der Waals surface area contributed by atoms with Gasteiger partial charge < -0.3 is 9.73 Å². The quantitative estimate of drug-likeness (QED) is 0.863. The van der Waals surface area contributed by atoms with Gasteiger partial charge in [-0.3, -0.25) is 4.68 Å². The molecule has 0 saturated carbocycles. The van der Waals surface area contributed by atoms with E-state index in [1.54, 1.807) is 0 Å². The molecule has 1 unspecified atom stereocenters. The van der Waals surface area contributed by atoms with E-state index in [1.165, 1.54) is 0 Å². The molecule has 0 aromatic carbocycles. The first-order chi connectivity index (χ1) is 8.19. The number of nitrogens with zero attached hydrogens (tertiary/aromatic N) is 2. The third-order valence-corrected chi connectivity index (χ3v) is 2.81. The van der Waals surface area contributed by atoms with Gasteiger partial charge >= 0.3 is 0 Å². The standard InChI is InChI=1S/C13H19N3O/c1-4-16-8-7-13(15-16)11(3)14-9-12-6-5-10(2)17-12/h5-8,11,14H,4,9H2,1-3H3. The van der Waals surface area contributed by atoms with Crippen molar-refractivity contribution >= 4 is 0 Å². The van der Waals surface area contributed by atoms with Crippen LogP contribution in [0.2, 0.25) is 0 Å². The number of nitrogens with one attached hydrogen (secondary N) is 1. The van der Waals surface area contributed by atoms with Gasteiger partial charge in [0.1, 0.15) is 11.5 Å². The van der Waals surface area contributed by atoms with Crippen molar-refractivity contribution in [3.05, 3.63) is 41.6 Å². The predicted molar refractivity (Wildman–Crippen MR) is 66.6 cm³/mol. The second kappa shape index (κ2) is 5.19. The second-order valence-corrected chi connectivity index (χ2v) is 4.21. The van der Waals surface area contributed by atoms with Crippen LogP contribution >= 0.6 is 0 Å². The Labute approximate surface area is 102 Å². The minimum absolute atomic E-state index is 0.230. The zero-order chi connectivity index (χ0) is 12.3. The topological polar surface area (TPSA) is 43.0 Å². The Morgan fingerprint density at radius 1 is 1.41 bits per heavy atom. The lowest BCUT2D eigenvalue weighted by molar-refractivity contribution is 0.440. The van der Waals surface area contributed by atoms with E-state index in [4.69, 9.17) is 4.42 Å². The number of hydrogen-bond acceptors (Lipinski definition) is 3. The molecule has 1 atom stereocenters. The first-order valence-corrected chi connectivity index (χ1v) is 6.01. The highest BCUT2D eigenvalue weighted by Gasteiger charge is 2.09. The fraction of sp³-hybridized carbons (Fsp3) is 0.462. The van der Waals surface area contributed by atoms with Gasteiger partial charge in [0.2, 0.25) is 0 Å². The van der Waals surface area contributed by atoms with Gasteiger partial charge in [0, 0.05) is 18.8 Å². The van der Waals surface area contributed by atoms with Crippen LogP contribution in [0.25, 0.3) is 0 Å². The Kier molecular flexibility index (Phi) is 3.64. The van der Waals surface area contributed by atoms with Crippen molar-refractivity contribution < 1.29 is 4.42 Å². The molecule has 4 heteroatoms. The average molecular weight is 233 g/mol. The predicted octanol–water partition coefficient (Wildman–Crippen LogP) is 2.66. The maximum Gasteiger partial charge on any atom is 0.117 e. The Morgan fingerprint density at radius 2 is 2.24 bits per heavy atom. The van der Waals surface area contributed by atoms with Crippen molar-refractivity contribution in [2.45, 2.75) is 39.9 Å². The van der Waals surface area contributed by atoms with Crippen LogP contribution in [-0.4, -0.2) is 9.78 Å². The molecule has 2 rings (SSSR count). The van der Waals surface area contributed by atoms with Crippen LogP contribution in [0.3, 0.4) is 0 Å². The van der Waals surface area contributed by atoms with Crippen LogP contribution in [0, 0.1) is 6.92 Å². The molecular weight excluding hydrogens is 214 g/mol. The monoisotopic (exact) mass is 233 g/mol. The highest BCUT2D eigenvalue weighted by Crippen LogP contribution is 2.11. The van der Waals surface area contributed by atoms with E-state index < -0.39 is 0 Å². The third-order valence-electron chi connectivity index (χ3n) is 2.81. The van der Waals surface area contributed by atoms with Crippen molar-refractivity contribution in [3.63, 3.8) is 0 Å². The number of aryl methyl sites for hydroxylation is 2. The summed E-state index contributed by atoms with van der Waals surface area (Å²) in [4.78, 5) is 0. The molecule has 0 aliphatic carbocycles. The fourth-order valence-electron chi connectivity index (χ4n) is 1.72. The summed E-state index contributed by atoms with van der Waals surface area (Å²) < 4.78 is 7.44. The van der Waals surface area contributed by atoms with E-state index in [2.05, 4.69) is 30.3 Å². The molecule has 0 spiro atoms. The van der Waals surface area contributed by atoms with Crippen molar-refractivity contribution in [1.29, 1.82) is 0 Å².